The number of carbonyl (C=O) groups is 9. The topological polar surface area (TPSA) is 224 Å². The van der Waals surface area contributed by atoms with E-state index in [-0.39, 0.29) is 56.3 Å². The fraction of sp³-hybridized carbons (Fsp3) is 0.577. The van der Waals surface area contributed by atoms with E-state index in [0.29, 0.717) is 36.8 Å². The monoisotopic (exact) mass is 1230 g/mol. The highest BCUT2D eigenvalue weighted by atomic mass is 16.6. The first-order valence-electron chi connectivity index (χ1n) is 32.1. The van der Waals surface area contributed by atoms with Crippen molar-refractivity contribution in [3.8, 4) is 11.1 Å². The van der Waals surface area contributed by atoms with Gasteiger partial charge in [0, 0.05) is 95.3 Å². The van der Waals surface area contributed by atoms with E-state index < -0.39 is 125 Å². The summed E-state index contributed by atoms with van der Waals surface area (Å²) in [5.41, 5.74) is 1.92. The van der Waals surface area contributed by atoms with E-state index in [1.165, 1.54) is 54.6 Å². The summed E-state index contributed by atoms with van der Waals surface area (Å²) in [5, 5.41) is 15.7. The minimum Gasteiger partial charge on any atom is -0.450 e. The number of nitrogens with zero attached hydrogens (tertiary/aromatic N) is 6. The van der Waals surface area contributed by atoms with Gasteiger partial charge in [0.25, 0.3) is 5.91 Å². The molecule has 0 spiro atoms. The summed E-state index contributed by atoms with van der Waals surface area (Å²) < 4.78 is 6.17. The Morgan fingerprint density at radius 2 is 1.25 bits per heavy atom. The number of ether oxygens (including phenoxy) is 1. The Morgan fingerprint density at radius 3 is 1.87 bits per heavy atom. The molecule has 0 bridgehead atoms. The molecule has 2 fully saturated rings. The molecule has 0 aliphatic carbocycles. The number of aromatic nitrogens is 1. The summed E-state index contributed by atoms with van der Waals surface area (Å²) in [7, 11) is 5.85. The molecule has 0 saturated carbocycles. The van der Waals surface area contributed by atoms with Gasteiger partial charge in [-0.25, -0.2) is 4.79 Å². The molecule has 6 amide bonds. The van der Waals surface area contributed by atoms with Crippen LogP contribution in [0.2, 0.25) is 0 Å². The van der Waals surface area contributed by atoms with E-state index >= 15 is 28.8 Å². The molecule has 2 aliphatic heterocycles. The van der Waals surface area contributed by atoms with Gasteiger partial charge >= 0.3 is 5.97 Å². The number of nitrogens with one attached hydrogen (secondary N) is 1. The second-order valence-electron chi connectivity index (χ2n) is 26.9. The minimum atomic E-state index is -1.95. The van der Waals surface area contributed by atoms with Gasteiger partial charge in [-0.15, -0.1) is 0 Å². The molecule has 484 valence electrons. The molecule has 3 heterocycles. The van der Waals surface area contributed by atoms with E-state index in [4.69, 9.17) is 9.72 Å². The number of hydrogen-bond acceptors (Lipinski definition) is 12. The molecule has 11 atom stereocenters. The average Bonchev–Trinajstić information content (AvgIpc) is 2.39. The molecular weight excluding hydrogens is 1130 g/mol. The fourth-order valence-electron chi connectivity index (χ4n) is 13.2. The molecule has 18 heteroatoms. The number of ketones is 2. The third-order valence-corrected chi connectivity index (χ3v) is 18.5. The third-order valence-electron chi connectivity index (χ3n) is 18.5. The van der Waals surface area contributed by atoms with Crippen LogP contribution in [0.4, 0.5) is 0 Å². The number of carbonyl (C=O) groups excluding carboxylic acids is 9. The van der Waals surface area contributed by atoms with Gasteiger partial charge in [0.1, 0.15) is 18.1 Å². The van der Waals surface area contributed by atoms with Gasteiger partial charge in [0.15, 0.2) is 23.7 Å². The Labute approximate surface area is 527 Å². The summed E-state index contributed by atoms with van der Waals surface area (Å²) in [5.74, 6) is -9.53. The Hall–Kier alpha value is -7.34. The van der Waals surface area contributed by atoms with Crippen molar-refractivity contribution in [2.24, 2.45) is 41.4 Å². The Morgan fingerprint density at radius 1 is 0.629 bits per heavy atom. The summed E-state index contributed by atoms with van der Waals surface area (Å²) >= 11 is 0. The number of likely N-dealkylation sites (N-methyl/N-ethyl adjacent to an activating group) is 4. The van der Waals surface area contributed by atoms with Crippen molar-refractivity contribution >= 4 is 63.9 Å². The van der Waals surface area contributed by atoms with Gasteiger partial charge < -0.3 is 39.7 Å². The summed E-state index contributed by atoms with van der Waals surface area (Å²) in [4.78, 5) is 148. The van der Waals surface area contributed by atoms with E-state index in [0.717, 1.165) is 26.9 Å². The average molecular weight is 1230 g/mol. The maximum Gasteiger partial charge on any atom is 0.332 e. The standard InChI is InChI=1S/C71H99N7O11/c1-17-45(9)53-40-58(79)56-32-25-33-78(56)68(85)57(37-48-28-24-30-49(35-48)52-38-50-29-22-23-31-54(50)72-41-52)74(13)67(84)55(36-47-26-20-19-21-27-47)73-64(81)61(44(7)8)76(15)69(86)62(46(10)18-2)89-70(87)63(71(11,12)88)77(16)65(82)51(34-42(3)4)39-59(80)60(43(5)6)75(14)66(53)83/h19-24,26-31,35,38,41-46,51,53,55-57,60-63,88H,17-18,25,32-34,36-37,39-40H2,1-16H3,(H,73,81)/t45?,46?,51-,53+,55?,56?,57?,60+,61+,62-,63-/m1/s1. The van der Waals surface area contributed by atoms with E-state index in [1.54, 1.807) is 34.0 Å². The first kappa shape index (κ1) is 70.7. The maximum absolute atomic E-state index is 15.8. The van der Waals surface area contributed by atoms with Crippen LogP contribution in [-0.2, 0) is 60.7 Å². The molecular formula is C71H99N7O11. The van der Waals surface area contributed by atoms with Crippen LogP contribution in [0.5, 0.6) is 0 Å². The Bertz CT molecular complexity index is 3160. The Kier molecular flexibility index (Phi) is 24.6. The zero-order valence-corrected chi connectivity index (χ0v) is 55.5. The van der Waals surface area contributed by atoms with Crippen molar-refractivity contribution in [1.82, 2.24) is 34.8 Å². The smallest absolute Gasteiger partial charge is 0.332 e. The highest BCUT2D eigenvalue weighted by Crippen LogP contribution is 2.33. The van der Waals surface area contributed by atoms with Crippen LogP contribution in [0.25, 0.3) is 22.0 Å². The first-order valence-corrected chi connectivity index (χ1v) is 32.1. The molecule has 89 heavy (non-hydrogen) atoms. The number of esters is 1. The number of pyridine rings is 1. The predicted octanol–water partition coefficient (Wildman–Crippen LogP) is 8.77. The molecule has 3 aromatic carbocycles. The number of hydrogen-bond donors (Lipinski definition) is 2. The van der Waals surface area contributed by atoms with Crippen LogP contribution in [0.1, 0.15) is 139 Å². The lowest BCUT2D eigenvalue weighted by Crippen LogP contribution is -2.61. The summed E-state index contributed by atoms with van der Waals surface area (Å²) in [6.45, 7) is 21.1. The lowest BCUT2D eigenvalue weighted by atomic mass is 9.82. The van der Waals surface area contributed by atoms with E-state index in [1.807, 2.05) is 133 Å². The molecule has 0 radical (unpaired) electrons. The molecule has 4 aromatic rings. The number of aliphatic hydroxyl groups is 1. The van der Waals surface area contributed by atoms with E-state index in [9.17, 15) is 19.5 Å². The zero-order valence-electron chi connectivity index (χ0n) is 55.5. The van der Waals surface area contributed by atoms with Gasteiger partial charge in [-0.1, -0.05) is 148 Å². The molecule has 2 N–H and O–H groups in total. The van der Waals surface area contributed by atoms with Crippen molar-refractivity contribution in [2.75, 3.05) is 34.7 Å². The van der Waals surface area contributed by atoms with Gasteiger partial charge in [-0.2, -0.15) is 0 Å². The quantitative estimate of drug-likeness (QED) is 0.113. The molecule has 1 aromatic heterocycles. The summed E-state index contributed by atoms with van der Waals surface area (Å²) in [6.07, 6.45) is 1.50. The number of amides is 6. The molecule has 18 nitrogen and oxygen atoms in total. The third kappa shape index (κ3) is 17.1. The maximum atomic E-state index is 15.8. The predicted molar refractivity (Wildman–Crippen MR) is 344 cm³/mol. The van der Waals surface area contributed by atoms with Crippen molar-refractivity contribution in [1.29, 1.82) is 0 Å². The van der Waals surface area contributed by atoms with Gasteiger partial charge in [-0.05, 0) is 92.0 Å². The lowest BCUT2D eigenvalue weighted by molar-refractivity contribution is -0.178. The van der Waals surface area contributed by atoms with Gasteiger partial charge in [0.05, 0.1) is 23.2 Å². The molecule has 2 aliphatic rings. The number of rotatable bonds is 14. The molecule has 6 rings (SSSR count). The number of cyclic esters (lactones) is 1. The lowest BCUT2D eigenvalue weighted by Gasteiger charge is -2.39. The zero-order chi connectivity index (χ0) is 65.9. The molecule has 5 unspecified atom stereocenters. The van der Waals surface area contributed by atoms with Crippen LogP contribution in [-0.4, -0.2) is 170 Å². The SMILES string of the molecule is CCC(C)[C@@H]1CC(=O)C2CCCN2C(=O)C(Cc2cccc(-c3cnc4ccccc4c3)c2)N(C)C(=O)C(Cc2ccccc2)NC(=O)[C@H](C(C)C)N(C)C(=O)[C@@H](C(C)CC)OC(=O)[C@H](C(C)(C)O)N(C)C(=O)[C@H](CC(C)C)CC(=O)[C@H](C(C)C)N(C)C1=O. The van der Waals surface area contributed by atoms with Gasteiger partial charge in [0.2, 0.25) is 29.5 Å². The number of para-hydroxylation sites is 1. The van der Waals surface area contributed by atoms with Crippen molar-refractivity contribution in [3.63, 3.8) is 0 Å². The largest absolute Gasteiger partial charge is 0.450 e. The van der Waals surface area contributed by atoms with Crippen LogP contribution in [0, 0.1) is 41.4 Å². The number of Topliss-reactive ketones (excluding diaryl/α,β-unsaturated/α-hetero) is 2. The van der Waals surface area contributed by atoms with Crippen molar-refractivity contribution < 1.29 is 53.0 Å². The first-order chi connectivity index (χ1) is 41.9. The van der Waals surface area contributed by atoms with Crippen LogP contribution in [0.3, 0.4) is 0 Å². The summed E-state index contributed by atoms with van der Waals surface area (Å²) in [6, 6.07) is 19.1. The minimum absolute atomic E-state index is 0.00194. The normalized spacial score (nSPS) is 25.1. The number of fused-ring (bicyclic) bond motifs is 2. The van der Waals surface area contributed by atoms with Crippen LogP contribution in [0.15, 0.2) is 91.1 Å². The van der Waals surface area contributed by atoms with E-state index in [2.05, 4.69) is 5.32 Å². The second kappa shape index (κ2) is 30.9. The highest BCUT2D eigenvalue weighted by molar-refractivity contribution is 5.99. The van der Waals surface area contributed by atoms with Crippen LogP contribution >= 0.6 is 0 Å². The van der Waals surface area contributed by atoms with Gasteiger partial charge in [-0.3, -0.25) is 43.3 Å². The molecule has 2 saturated heterocycles. The van der Waals surface area contributed by atoms with Crippen LogP contribution < -0.4 is 5.32 Å². The van der Waals surface area contributed by atoms with Crippen molar-refractivity contribution in [3.05, 3.63) is 102 Å². The number of benzene rings is 3. The van der Waals surface area contributed by atoms with Crippen molar-refractivity contribution in [2.45, 2.75) is 189 Å². The Balaban J connectivity index is 1.52. The highest BCUT2D eigenvalue weighted by Gasteiger charge is 2.48. The second-order valence-corrected chi connectivity index (χ2v) is 26.9. The fourth-order valence-corrected chi connectivity index (χ4v) is 13.2.